The molecule has 0 bridgehead atoms. The van der Waals surface area contributed by atoms with Crippen molar-refractivity contribution in [1.82, 2.24) is 20.3 Å². The molecule has 2 aromatic heterocycles. The predicted octanol–water partition coefficient (Wildman–Crippen LogP) is -1.52. The van der Waals surface area contributed by atoms with E-state index in [0.29, 0.717) is 17.6 Å². The average Bonchev–Trinajstić information content (AvgIpc) is 2.84. The van der Waals surface area contributed by atoms with Crippen molar-refractivity contribution in [2.75, 3.05) is 13.2 Å². The Balaban J connectivity index is 0.00000200. The van der Waals surface area contributed by atoms with Gasteiger partial charge in [0.2, 0.25) is 0 Å². The Labute approximate surface area is 120 Å². The second-order valence-corrected chi connectivity index (χ2v) is 4.19. The first-order valence-corrected chi connectivity index (χ1v) is 5.84. The largest absolute Gasteiger partial charge is 0.395 e. The number of aromatic nitrogens is 3. The molecule has 2 rings (SSSR count). The first-order valence-electron chi connectivity index (χ1n) is 5.84. The summed E-state index contributed by atoms with van der Waals surface area (Å²) in [4.78, 5) is 20.8. The molecule has 0 saturated carbocycles. The van der Waals surface area contributed by atoms with Gasteiger partial charge < -0.3 is 30.6 Å². The van der Waals surface area contributed by atoms with Gasteiger partial charge in [0.1, 0.15) is 5.52 Å². The van der Waals surface area contributed by atoms with Crippen LogP contribution in [0.25, 0.3) is 11.0 Å². The highest BCUT2D eigenvalue weighted by Gasteiger charge is 2.17. The zero-order valence-corrected chi connectivity index (χ0v) is 11.4. The number of halogens is 1. The van der Waals surface area contributed by atoms with Crippen molar-refractivity contribution in [2.45, 2.75) is 18.7 Å². The average molecular weight is 305 g/mol. The Bertz CT molecular complexity index is 599. The van der Waals surface area contributed by atoms with Gasteiger partial charge in [-0.25, -0.2) is 4.98 Å². The molecule has 0 aliphatic heterocycles. The molecule has 112 valence electrons. The van der Waals surface area contributed by atoms with E-state index in [1.807, 2.05) is 0 Å². The lowest BCUT2D eigenvalue weighted by molar-refractivity contribution is 0.0411. The van der Waals surface area contributed by atoms with Crippen LogP contribution in [0.5, 0.6) is 0 Å². The molecule has 0 unspecified atom stereocenters. The first-order chi connectivity index (χ1) is 9.17. The summed E-state index contributed by atoms with van der Waals surface area (Å²) < 4.78 is 0. The fourth-order valence-electron chi connectivity index (χ4n) is 1.83. The van der Waals surface area contributed by atoms with Crippen LogP contribution in [0.4, 0.5) is 0 Å². The van der Waals surface area contributed by atoms with Crippen molar-refractivity contribution in [3.8, 4) is 0 Å². The summed E-state index contributed by atoms with van der Waals surface area (Å²) in [6.07, 6.45) is 1.90. The number of hydrogen-bond acceptors (Lipinski definition) is 6. The molecule has 0 aromatic carbocycles. The normalized spacial score (nSPS) is 13.9. The summed E-state index contributed by atoms with van der Waals surface area (Å²) in [6.45, 7) is -0.444. The Morgan fingerprint density at radius 2 is 2.05 bits per heavy atom. The van der Waals surface area contributed by atoms with Gasteiger partial charge >= 0.3 is 0 Å². The zero-order chi connectivity index (χ0) is 13.8. The van der Waals surface area contributed by atoms with Crippen LogP contribution in [-0.2, 0) is 6.54 Å². The Morgan fingerprint density at radius 1 is 1.30 bits per heavy atom. The standard InChI is InChI=1S/C11H16N4O4.ClH/c16-3-7(8(18)4-17)12-1-6-2-13-10-9(6)14-5-15-11(10)19;/h2,5,7-8,12-13,16-18H,1,3-4H2,(H,14,15,19);1H/t7-,8-;/m0./s1. The highest BCUT2D eigenvalue weighted by atomic mass is 35.5. The molecule has 2 aromatic rings. The summed E-state index contributed by atoms with van der Waals surface area (Å²) in [5.41, 5.74) is 1.39. The van der Waals surface area contributed by atoms with Crippen LogP contribution >= 0.6 is 12.4 Å². The van der Waals surface area contributed by atoms with Crippen LogP contribution in [0.1, 0.15) is 5.56 Å². The monoisotopic (exact) mass is 304 g/mol. The van der Waals surface area contributed by atoms with Crippen molar-refractivity contribution in [3.63, 3.8) is 0 Å². The van der Waals surface area contributed by atoms with Crippen LogP contribution in [0.15, 0.2) is 17.3 Å². The lowest BCUT2D eigenvalue weighted by Crippen LogP contribution is -2.44. The maximum Gasteiger partial charge on any atom is 0.275 e. The third-order valence-corrected chi connectivity index (χ3v) is 2.95. The zero-order valence-electron chi connectivity index (χ0n) is 10.5. The van der Waals surface area contributed by atoms with Gasteiger partial charge in [0.05, 0.1) is 37.2 Å². The fourth-order valence-corrected chi connectivity index (χ4v) is 1.83. The number of aliphatic hydroxyl groups excluding tert-OH is 3. The number of rotatable bonds is 6. The van der Waals surface area contributed by atoms with Crippen LogP contribution in [0, 0.1) is 0 Å². The van der Waals surface area contributed by atoms with Crippen LogP contribution in [0.2, 0.25) is 0 Å². The van der Waals surface area contributed by atoms with E-state index in [0.717, 1.165) is 5.56 Å². The van der Waals surface area contributed by atoms with E-state index >= 15 is 0 Å². The molecule has 6 N–H and O–H groups in total. The van der Waals surface area contributed by atoms with Gasteiger partial charge in [-0.15, -0.1) is 12.4 Å². The van der Waals surface area contributed by atoms with Gasteiger partial charge in [-0.05, 0) is 0 Å². The smallest absolute Gasteiger partial charge is 0.275 e. The molecule has 9 heteroatoms. The number of H-pyrrole nitrogens is 2. The van der Waals surface area contributed by atoms with Gasteiger partial charge in [-0.3, -0.25) is 4.79 Å². The lowest BCUT2D eigenvalue weighted by atomic mass is 10.1. The summed E-state index contributed by atoms with van der Waals surface area (Å²) in [7, 11) is 0. The lowest BCUT2D eigenvalue weighted by Gasteiger charge is -2.20. The molecule has 2 atom stereocenters. The van der Waals surface area contributed by atoms with E-state index in [2.05, 4.69) is 20.3 Å². The van der Waals surface area contributed by atoms with Crippen LogP contribution < -0.4 is 10.9 Å². The molecule has 0 radical (unpaired) electrons. The third kappa shape index (κ3) is 3.35. The molecule has 0 fully saturated rings. The number of hydrogen-bond donors (Lipinski definition) is 6. The molecular weight excluding hydrogens is 288 g/mol. The summed E-state index contributed by atoms with van der Waals surface area (Å²) >= 11 is 0. The molecule has 0 amide bonds. The molecule has 0 saturated heterocycles. The number of aromatic amines is 2. The minimum Gasteiger partial charge on any atom is -0.395 e. The van der Waals surface area contributed by atoms with E-state index in [1.165, 1.54) is 6.33 Å². The third-order valence-electron chi connectivity index (χ3n) is 2.95. The first kappa shape index (κ1) is 16.6. The van der Waals surface area contributed by atoms with Gasteiger partial charge in [0.25, 0.3) is 5.56 Å². The van der Waals surface area contributed by atoms with E-state index in [-0.39, 0.29) is 24.6 Å². The molecule has 8 nitrogen and oxygen atoms in total. The number of fused-ring (bicyclic) bond motifs is 1. The maximum atomic E-state index is 11.5. The Morgan fingerprint density at radius 3 is 2.70 bits per heavy atom. The van der Waals surface area contributed by atoms with Crippen molar-refractivity contribution in [2.24, 2.45) is 0 Å². The number of aliphatic hydroxyl groups is 3. The minimum atomic E-state index is -1.05. The molecule has 20 heavy (non-hydrogen) atoms. The molecule has 0 aliphatic carbocycles. The van der Waals surface area contributed by atoms with Crippen molar-refractivity contribution >= 4 is 23.4 Å². The van der Waals surface area contributed by atoms with E-state index in [1.54, 1.807) is 6.20 Å². The highest BCUT2D eigenvalue weighted by Crippen LogP contribution is 2.11. The Kier molecular flexibility index (Phi) is 6.11. The minimum absolute atomic E-state index is 0. The SMILES string of the molecule is Cl.O=c1[nH]cnc2c(CN[C@@H](CO)[C@@H](O)CO)c[nH]c12. The van der Waals surface area contributed by atoms with E-state index < -0.39 is 18.8 Å². The van der Waals surface area contributed by atoms with Gasteiger partial charge in [-0.2, -0.15) is 0 Å². The summed E-state index contributed by atoms with van der Waals surface area (Å²) in [5.74, 6) is 0. The van der Waals surface area contributed by atoms with E-state index in [9.17, 15) is 9.90 Å². The molecule has 2 heterocycles. The topological polar surface area (TPSA) is 134 Å². The molecular formula is C11H17ClN4O4. The van der Waals surface area contributed by atoms with Gasteiger partial charge in [0, 0.05) is 18.3 Å². The fraction of sp³-hybridized carbons (Fsp3) is 0.455. The van der Waals surface area contributed by atoms with Crippen LogP contribution in [-0.4, -0.2) is 55.6 Å². The van der Waals surface area contributed by atoms with Crippen molar-refractivity contribution < 1.29 is 15.3 Å². The van der Waals surface area contributed by atoms with Crippen molar-refractivity contribution in [1.29, 1.82) is 0 Å². The predicted molar refractivity (Wildman–Crippen MR) is 74.8 cm³/mol. The van der Waals surface area contributed by atoms with E-state index in [4.69, 9.17) is 10.2 Å². The second kappa shape index (κ2) is 7.36. The van der Waals surface area contributed by atoms with Crippen LogP contribution in [0.3, 0.4) is 0 Å². The Hall–Kier alpha value is -1.45. The number of nitrogens with zero attached hydrogens (tertiary/aromatic N) is 1. The maximum absolute atomic E-state index is 11.5. The van der Waals surface area contributed by atoms with Crippen molar-refractivity contribution in [3.05, 3.63) is 28.4 Å². The summed E-state index contributed by atoms with van der Waals surface area (Å²) in [6, 6.07) is -0.642. The molecule has 0 spiro atoms. The quantitative estimate of drug-likeness (QED) is 0.384. The number of nitrogens with one attached hydrogen (secondary N) is 3. The summed E-state index contributed by atoms with van der Waals surface area (Å²) in [5, 5.41) is 30.3. The van der Waals surface area contributed by atoms with Gasteiger partial charge in [0.15, 0.2) is 0 Å². The van der Waals surface area contributed by atoms with Gasteiger partial charge in [-0.1, -0.05) is 0 Å². The molecule has 0 aliphatic rings. The highest BCUT2D eigenvalue weighted by molar-refractivity contribution is 5.85. The second-order valence-electron chi connectivity index (χ2n) is 4.19.